The van der Waals surface area contributed by atoms with E-state index in [0.717, 1.165) is 0 Å². The summed E-state index contributed by atoms with van der Waals surface area (Å²) < 4.78 is 27.2. The van der Waals surface area contributed by atoms with Crippen LogP contribution in [0.1, 0.15) is 0 Å². The first kappa shape index (κ1) is 20.7. The van der Waals surface area contributed by atoms with Crippen LogP contribution in [0.4, 0.5) is 5.69 Å². The van der Waals surface area contributed by atoms with Gasteiger partial charge in [0.25, 0.3) is 10.0 Å². The number of rotatable bonds is 3. The molecular formula is C12H6Cl5NNaO2S. The third kappa shape index (κ3) is 4.18. The van der Waals surface area contributed by atoms with Crippen LogP contribution in [0.3, 0.4) is 0 Å². The van der Waals surface area contributed by atoms with E-state index in [1.165, 1.54) is 0 Å². The maximum Gasteiger partial charge on any atom is 0.264 e. The molecule has 0 atom stereocenters. The fourth-order valence-electron chi connectivity index (χ4n) is 1.53. The Kier molecular flexibility index (Phi) is 7.66. The Morgan fingerprint density at radius 1 is 0.727 bits per heavy atom. The zero-order valence-corrected chi connectivity index (χ0v) is 17.6. The Bertz CT molecular complexity index is 770. The third-order valence-corrected chi connectivity index (χ3v) is 6.42. The van der Waals surface area contributed by atoms with E-state index in [0.29, 0.717) is 5.69 Å². The molecule has 0 saturated heterocycles. The number of para-hydroxylation sites is 1. The summed E-state index contributed by atoms with van der Waals surface area (Å²) in [6.45, 7) is 0. The number of hydrogen-bond donors (Lipinski definition) is 1. The van der Waals surface area contributed by atoms with E-state index < -0.39 is 14.9 Å². The van der Waals surface area contributed by atoms with Crippen LogP contribution in [-0.2, 0) is 10.0 Å². The third-order valence-electron chi connectivity index (χ3n) is 2.46. The van der Waals surface area contributed by atoms with E-state index in [2.05, 4.69) is 4.72 Å². The van der Waals surface area contributed by atoms with Crippen LogP contribution in [-0.4, -0.2) is 38.0 Å². The van der Waals surface area contributed by atoms with Gasteiger partial charge in [-0.2, -0.15) is 0 Å². The van der Waals surface area contributed by atoms with Crippen LogP contribution < -0.4 is 4.72 Å². The second-order valence-electron chi connectivity index (χ2n) is 3.87. The molecule has 2 aromatic carbocycles. The van der Waals surface area contributed by atoms with Crippen molar-refractivity contribution in [3.05, 3.63) is 55.4 Å². The van der Waals surface area contributed by atoms with Crippen LogP contribution >= 0.6 is 58.0 Å². The first-order chi connectivity index (χ1) is 9.75. The predicted molar refractivity (Wildman–Crippen MR) is 94.5 cm³/mol. The molecular weight excluding hydrogens is 422 g/mol. The quantitative estimate of drug-likeness (QED) is 0.406. The van der Waals surface area contributed by atoms with E-state index in [1.807, 2.05) is 0 Å². The molecule has 0 spiro atoms. The van der Waals surface area contributed by atoms with E-state index in [9.17, 15) is 8.42 Å². The minimum Gasteiger partial charge on any atom is -0.280 e. The molecule has 0 aliphatic rings. The number of nitrogens with one attached hydrogen (secondary N) is 1. The van der Waals surface area contributed by atoms with Crippen molar-refractivity contribution in [3.63, 3.8) is 0 Å². The molecule has 0 aliphatic heterocycles. The average Bonchev–Trinajstić information content (AvgIpc) is 2.43. The van der Waals surface area contributed by atoms with Crippen LogP contribution in [0.2, 0.25) is 25.1 Å². The van der Waals surface area contributed by atoms with Crippen molar-refractivity contribution in [2.45, 2.75) is 4.90 Å². The van der Waals surface area contributed by atoms with E-state index in [-0.39, 0.29) is 54.7 Å². The molecule has 3 nitrogen and oxygen atoms in total. The fourth-order valence-corrected chi connectivity index (χ4v) is 4.62. The summed E-state index contributed by atoms with van der Waals surface area (Å²) in [6, 6.07) is 8.22. The number of halogens is 5. The summed E-state index contributed by atoms with van der Waals surface area (Å²) in [5.41, 5.74) is 0.340. The molecule has 0 unspecified atom stereocenters. The van der Waals surface area contributed by atoms with Crippen molar-refractivity contribution < 1.29 is 8.42 Å². The Hall–Kier alpha value is 0.640. The number of hydrogen-bond acceptors (Lipinski definition) is 2. The Labute approximate surface area is 175 Å². The molecule has 113 valence electrons. The van der Waals surface area contributed by atoms with Gasteiger partial charge in [-0.25, -0.2) is 8.42 Å². The minimum atomic E-state index is -4.08. The van der Waals surface area contributed by atoms with E-state index >= 15 is 0 Å². The molecule has 1 radical (unpaired) electrons. The molecule has 0 bridgehead atoms. The van der Waals surface area contributed by atoms with Gasteiger partial charge in [-0.15, -0.1) is 0 Å². The molecule has 2 aromatic rings. The largest absolute Gasteiger partial charge is 0.280 e. The molecule has 2 rings (SSSR count). The van der Waals surface area contributed by atoms with Crippen LogP contribution in [0.15, 0.2) is 35.2 Å². The maximum atomic E-state index is 12.4. The van der Waals surface area contributed by atoms with Gasteiger partial charge in [-0.3, -0.25) is 4.72 Å². The molecule has 22 heavy (non-hydrogen) atoms. The number of anilines is 1. The van der Waals surface area contributed by atoms with Crippen LogP contribution in [0.5, 0.6) is 0 Å². The van der Waals surface area contributed by atoms with Crippen molar-refractivity contribution in [1.82, 2.24) is 0 Å². The van der Waals surface area contributed by atoms with Crippen molar-refractivity contribution in [1.29, 1.82) is 0 Å². The molecule has 0 aromatic heterocycles. The summed E-state index contributed by atoms with van der Waals surface area (Å²) in [6.07, 6.45) is 0. The Morgan fingerprint density at radius 3 is 1.59 bits per heavy atom. The van der Waals surface area contributed by atoms with Gasteiger partial charge in [0.05, 0.1) is 25.1 Å². The Morgan fingerprint density at radius 2 is 1.14 bits per heavy atom. The van der Waals surface area contributed by atoms with Gasteiger partial charge < -0.3 is 0 Å². The zero-order chi connectivity index (χ0) is 15.8. The molecule has 0 fully saturated rings. The van der Waals surface area contributed by atoms with Gasteiger partial charge in [0.15, 0.2) is 0 Å². The van der Waals surface area contributed by atoms with Crippen molar-refractivity contribution in [3.8, 4) is 0 Å². The van der Waals surface area contributed by atoms with Gasteiger partial charge in [0.1, 0.15) is 4.90 Å². The fraction of sp³-hybridized carbons (Fsp3) is 0. The summed E-state index contributed by atoms with van der Waals surface area (Å²) in [5.74, 6) is 0. The molecule has 0 amide bonds. The summed E-state index contributed by atoms with van der Waals surface area (Å²) >= 11 is 29.5. The number of benzene rings is 2. The molecule has 0 aliphatic carbocycles. The summed E-state index contributed by atoms with van der Waals surface area (Å²) in [7, 11) is -4.08. The van der Waals surface area contributed by atoms with Gasteiger partial charge >= 0.3 is 0 Å². The van der Waals surface area contributed by atoms with E-state index in [1.54, 1.807) is 30.3 Å². The van der Waals surface area contributed by atoms with Crippen LogP contribution in [0.25, 0.3) is 0 Å². The van der Waals surface area contributed by atoms with Gasteiger partial charge in [0, 0.05) is 35.2 Å². The van der Waals surface area contributed by atoms with Crippen molar-refractivity contribution in [2.24, 2.45) is 0 Å². The first-order valence-corrected chi connectivity index (χ1v) is 8.72. The van der Waals surface area contributed by atoms with E-state index in [4.69, 9.17) is 58.0 Å². The monoisotopic (exact) mass is 426 g/mol. The van der Waals surface area contributed by atoms with Crippen LogP contribution in [0, 0.1) is 0 Å². The predicted octanol–water partition coefficient (Wildman–Crippen LogP) is 5.37. The second-order valence-corrected chi connectivity index (χ2v) is 7.38. The number of sulfonamides is 1. The average molecular weight is 429 g/mol. The zero-order valence-electron chi connectivity index (χ0n) is 11.0. The van der Waals surface area contributed by atoms with Crippen molar-refractivity contribution in [2.75, 3.05) is 4.72 Å². The smallest absolute Gasteiger partial charge is 0.264 e. The summed E-state index contributed by atoms with van der Waals surface area (Å²) in [5, 5.41) is -1.05. The molecule has 0 heterocycles. The standard InChI is InChI=1S/C12H6Cl5NO2S.Na/c13-7-8(14)10(16)12(11(17)9(7)15)21(19,20)18-6-4-2-1-3-5-6;/h1-5,18H;. The minimum absolute atomic E-state index is 0. The van der Waals surface area contributed by atoms with Crippen molar-refractivity contribution >= 4 is 103 Å². The normalized spacial score (nSPS) is 11.0. The SMILES string of the molecule is O=S(=O)(Nc1ccccc1)c1c(Cl)c(Cl)c(Cl)c(Cl)c1Cl.[Na]. The Balaban J connectivity index is 0.00000242. The summed E-state index contributed by atoms with van der Waals surface area (Å²) in [4.78, 5) is -0.422. The van der Waals surface area contributed by atoms with Gasteiger partial charge in [0.2, 0.25) is 0 Å². The van der Waals surface area contributed by atoms with Gasteiger partial charge in [-0.1, -0.05) is 76.2 Å². The topological polar surface area (TPSA) is 46.2 Å². The molecule has 0 saturated carbocycles. The maximum absolute atomic E-state index is 12.4. The van der Waals surface area contributed by atoms with Gasteiger partial charge in [-0.05, 0) is 12.1 Å². The first-order valence-electron chi connectivity index (χ1n) is 5.35. The molecule has 1 N–H and O–H groups in total. The molecule has 10 heteroatoms. The second kappa shape index (κ2) is 8.15.